The molecule has 3 aromatic rings. The van der Waals surface area contributed by atoms with Crippen molar-refractivity contribution in [3.63, 3.8) is 0 Å². The molecule has 0 spiro atoms. The van der Waals surface area contributed by atoms with Crippen molar-refractivity contribution in [2.24, 2.45) is 0 Å². The molecule has 0 aliphatic carbocycles. The molecule has 114 valence electrons. The number of hydrogen-bond acceptors (Lipinski definition) is 3. The van der Waals surface area contributed by atoms with Crippen molar-refractivity contribution >= 4 is 10.9 Å². The van der Waals surface area contributed by atoms with Crippen LogP contribution in [-0.2, 0) is 0 Å². The first kappa shape index (κ1) is 14.5. The molecule has 0 fully saturated rings. The van der Waals surface area contributed by atoms with E-state index >= 15 is 0 Å². The maximum atomic E-state index is 5.42. The highest BCUT2D eigenvalue weighted by Crippen LogP contribution is 2.34. The predicted molar refractivity (Wildman–Crippen MR) is 88.7 cm³/mol. The first-order chi connectivity index (χ1) is 10.8. The summed E-state index contributed by atoms with van der Waals surface area (Å²) >= 11 is 0. The normalized spacial score (nSPS) is 12.3. The van der Waals surface area contributed by atoms with Crippen LogP contribution < -0.4 is 14.8 Å². The molecule has 2 N–H and O–H groups in total. The summed E-state index contributed by atoms with van der Waals surface area (Å²) < 4.78 is 10.7. The molecule has 1 heterocycles. The van der Waals surface area contributed by atoms with Crippen molar-refractivity contribution in [2.45, 2.75) is 6.04 Å². The number of rotatable bonds is 5. The number of benzene rings is 2. The fraction of sp³-hybridized carbons (Fsp3) is 0.222. The molecule has 0 aliphatic rings. The number of aromatic nitrogens is 1. The molecule has 0 saturated carbocycles. The van der Waals surface area contributed by atoms with E-state index in [4.69, 9.17) is 9.47 Å². The third kappa shape index (κ3) is 2.42. The topological polar surface area (TPSA) is 46.3 Å². The average molecular weight is 296 g/mol. The van der Waals surface area contributed by atoms with Crippen LogP contribution in [0.15, 0.2) is 48.7 Å². The van der Waals surface area contributed by atoms with E-state index in [0.717, 1.165) is 22.6 Å². The van der Waals surface area contributed by atoms with Crippen LogP contribution in [0.3, 0.4) is 0 Å². The zero-order valence-corrected chi connectivity index (χ0v) is 13.0. The molecule has 4 nitrogen and oxygen atoms in total. The first-order valence-electron chi connectivity index (χ1n) is 7.23. The number of ether oxygens (including phenoxy) is 2. The molecule has 1 unspecified atom stereocenters. The second-order valence-corrected chi connectivity index (χ2v) is 5.13. The summed E-state index contributed by atoms with van der Waals surface area (Å²) in [5.74, 6) is 1.47. The van der Waals surface area contributed by atoms with E-state index in [-0.39, 0.29) is 6.04 Å². The highest BCUT2D eigenvalue weighted by molar-refractivity contribution is 5.84. The molecule has 22 heavy (non-hydrogen) atoms. The van der Waals surface area contributed by atoms with Crippen LogP contribution in [-0.4, -0.2) is 26.3 Å². The number of H-pyrrole nitrogens is 1. The highest BCUT2D eigenvalue weighted by atomic mass is 16.5. The van der Waals surface area contributed by atoms with Gasteiger partial charge < -0.3 is 19.8 Å². The Morgan fingerprint density at radius 3 is 2.50 bits per heavy atom. The van der Waals surface area contributed by atoms with E-state index in [1.807, 2.05) is 25.2 Å². The summed E-state index contributed by atoms with van der Waals surface area (Å²) in [6.07, 6.45) is 2.06. The zero-order chi connectivity index (χ0) is 15.5. The number of aromatic amines is 1. The Morgan fingerprint density at radius 2 is 1.77 bits per heavy atom. The largest absolute Gasteiger partial charge is 0.493 e. The quantitative estimate of drug-likeness (QED) is 0.757. The van der Waals surface area contributed by atoms with Gasteiger partial charge in [-0.15, -0.1) is 0 Å². The van der Waals surface area contributed by atoms with E-state index in [9.17, 15) is 0 Å². The number of fused-ring (bicyclic) bond motifs is 1. The Balaban J connectivity index is 2.08. The van der Waals surface area contributed by atoms with Crippen molar-refractivity contribution in [3.05, 3.63) is 59.8 Å². The first-order valence-corrected chi connectivity index (χ1v) is 7.23. The van der Waals surface area contributed by atoms with Crippen molar-refractivity contribution < 1.29 is 9.47 Å². The molecule has 3 rings (SSSR count). The number of methoxy groups -OCH3 is 2. The third-order valence-corrected chi connectivity index (χ3v) is 3.96. The smallest absolute Gasteiger partial charge is 0.161 e. The maximum Gasteiger partial charge on any atom is 0.161 e. The molecule has 1 aromatic heterocycles. The number of para-hydroxylation sites is 1. The fourth-order valence-corrected chi connectivity index (χ4v) is 2.87. The van der Waals surface area contributed by atoms with Crippen molar-refractivity contribution in [1.82, 2.24) is 10.3 Å². The van der Waals surface area contributed by atoms with Crippen LogP contribution in [0.2, 0.25) is 0 Å². The SMILES string of the molecule is CNC(c1ccc(OC)c(OC)c1)c1c[nH]c2ccccc12. The Kier molecular flexibility index (Phi) is 4.02. The summed E-state index contributed by atoms with van der Waals surface area (Å²) in [4.78, 5) is 3.33. The minimum atomic E-state index is 0.0796. The van der Waals surface area contributed by atoms with Gasteiger partial charge in [0.1, 0.15) is 0 Å². The molecule has 0 amide bonds. The van der Waals surface area contributed by atoms with Gasteiger partial charge in [0.25, 0.3) is 0 Å². The van der Waals surface area contributed by atoms with Crippen LogP contribution in [0.4, 0.5) is 0 Å². The lowest BCUT2D eigenvalue weighted by atomic mass is 9.98. The van der Waals surface area contributed by atoms with Crippen molar-refractivity contribution in [3.8, 4) is 11.5 Å². The third-order valence-electron chi connectivity index (χ3n) is 3.96. The van der Waals surface area contributed by atoms with Crippen LogP contribution in [0.25, 0.3) is 10.9 Å². The molecule has 1 atom stereocenters. The van der Waals surface area contributed by atoms with Gasteiger partial charge >= 0.3 is 0 Å². The van der Waals surface area contributed by atoms with E-state index in [0.29, 0.717) is 0 Å². The van der Waals surface area contributed by atoms with Crippen LogP contribution in [0.5, 0.6) is 11.5 Å². The van der Waals surface area contributed by atoms with Gasteiger partial charge in [-0.25, -0.2) is 0 Å². The van der Waals surface area contributed by atoms with Gasteiger partial charge in [0.2, 0.25) is 0 Å². The standard InChI is InChI=1S/C18H20N2O2/c1-19-18(12-8-9-16(21-2)17(10-12)22-3)14-11-20-15-7-5-4-6-13(14)15/h4-11,18-20H,1-3H3. The van der Waals surface area contributed by atoms with Crippen LogP contribution in [0.1, 0.15) is 17.2 Å². The number of hydrogen-bond donors (Lipinski definition) is 2. The van der Waals surface area contributed by atoms with Crippen LogP contribution in [0, 0.1) is 0 Å². The molecule has 0 aliphatic heterocycles. The zero-order valence-electron chi connectivity index (χ0n) is 13.0. The van der Waals surface area contributed by atoms with Gasteiger partial charge in [0.15, 0.2) is 11.5 Å². The van der Waals surface area contributed by atoms with E-state index in [2.05, 4.69) is 40.8 Å². The van der Waals surface area contributed by atoms with Gasteiger partial charge in [-0.3, -0.25) is 0 Å². The Hall–Kier alpha value is -2.46. The average Bonchev–Trinajstić information content (AvgIpc) is 2.99. The predicted octanol–water partition coefficient (Wildman–Crippen LogP) is 3.49. The summed E-state index contributed by atoms with van der Waals surface area (Å²) in [6.45, 7) is 0. The minimum absolute atomic E-state index is 0.0796. The number of nitrogens with one attached hydrogen (secondary N) is 2. The molecular formula is C18H20N2O2. The molecule has 0 radical (unpaired) electrons. The summed E-state index contributed by atoms with van der Waals surface area (Å²) in [6, 6.07) is 14.4. The van der Waals surface area contributed by atoms with Gasteiger partial charge in [0, 0.05) is 17.1 Å². The Labute approximate surface area is 130 Å². The summed E-state index contributed by atoms with van der Waals surface area (Å²) in [7, 11) is 5.26. The maximum absolute atomic E-state index is 5.42. The Bertz CT molecular complexity index is 780. The van der Waals surface area contributed by atoms with E-state index in [1.54, 1.807) is 14.2 Å². The lowest BCUT2D eigenvalue weighted by Crippen LogP contribution is -2.17. The van der Waals surface area contributed by atoms with Crippen LogP contribution >= 0.6 is 0 Å². The van der Waals surface area contributed by atoms with Gasteiger partial charge in [-0.05, 0) is 36.4 Å². The van der Waals surface area contributed by atoms with Gasteiger partial charge in [-0.2, -0.15) is 0 Å². The summed E-state index contributed by atoms with van der Waals surface area (Å²) in [5, 5.41) is 4.60. The lowest BCUT2D eigenvalue weighted by Gasteiger charge is -2.18. The molecule has 0 bridgehead atoms. The Morgan fingerprint density at radius 1 is 1.00 bits per heavy atom. The molecule has 4 heteroatoms. The molecular weight excluding hydrogens is 276 g/mol. The van der Waals surface area contributed by atoms with Gasteiger partial charge in [-0.1, -0.05) is 24.3 Å². The van der Waals surface area contributed by atoms with Crippen molar-refractivity contribution in [1.29, 1.82) is 0 Å². The van der Waals surface area contributed by atoms with Gasteiger partial charge in [0.05, 0.1) is 20.3 Å². The second-order valence-electron chi connectivity index (χ2n) is 5.13. The van der Waals surface area contributed by atoms with Crippen molar-refractivity contribution in [2.75, 3.05) is 21.3 Å². The molecule has 2 aromatic carbocycles. The lowest BCUT2D eigenvalue weighted by molar-refractivity contribution is 0.354. The van der Waals surface area contributed by atoms with E-state index in [1.165, 1.54) is 10.9 Å². The van der Waals surface area contributed by atoms with E-state index < -0.39 is 0 Å². The highest BCUT2D eigenvalue weighted by Gasteiger charge is 2.18. The second kappa shape index (κ2) is 6.12. The summed E-state index contributed by atoms with van der Waals surface area (Å²) in [5.41, 5.74) is 3.48. The monoisotopic (exact) mass is 296 g/mol. The molecule has 0 saturated heterocycles. The minimum Gasteiger partial charge on any atom is -0.493 e. The fourth-order valence-electron chi connectivity index (χ4n) is 2.87.